The Morgan fingerprint density at radius 1 is 1.35 bits per heavy atom. The van der Waals surface area contributed by atoms with Crippen LogP contribution < -0.4 is 10.1 Å². The van der Waals surface area contributed by atoms with Crippen LogP contribution in [0, 0.1) is 12.8 Å². The summed E-state index contributed by atoms with van der Waals surface area (Å²) in [5.41, 5.74) is 1.15. The highest BCUT2D eigenvalue weighted by Gasteiger charge is 2.11. The van der Waals surface area contributed by atoms with E-state index in [2.05, 4.69) is 47.2 Å². The minimum Gasteiger partial charge on any atom is -0.462 e. The van der Waals surface area contributed by atoms with Crippen molar-refractivity contribution in [3.05, 3.63) is 40.1 Å². The Balaban J connectivity index is 0.000000277. The van der Waals surface area contributed by atoms with Crippen LogP contribution in [0.1, 0.15) is 58.4 Å². The van der Waals surface area contributed by atoms with Crippen molar-refractivity contribution in [2.45, 2.75) is 59.8 Å². The molecule has 1 N–H and O–H groups in total. The van der Waals surface area contributed by atoms with Gasteiger partial charge in [-0.3, -0.25) is 0 Å². The average Bonchev–Trinajstić information content (AvgIpc) is 3.02. The fourth-order valence-corrected chi connectivity index (χ4v) is 3.13. The molecule has 23 heavy (non-hydrogen) atoms. The molecule has 1 aliphatic rings. The summed E-state index contributed by atoms with van der Waals surface area (Å²) in [4.78, 5) is 0. The van der Waals surface area contributed by atoms with Crippen molar-refractivity contribution in [3.8, 4) is 5.75 Å². The lowest BCUT2D eigenvalue weighted by Gasteiger charge is -2.09. The smallest absolute Gasteiger partial charge is 0.129 e. The van der Waals surface area contributed by atoms with Crippen LogP contribution in [-0.2, 0) is 0 Å². The summed E-state index contributed by atoms with van der Waals surface area (Å²) in [7, 11) is 0. The molecule has 1 fully saturated rings. The lowest BCUT2D eigenvalue weighted by molar-refractivity contribution is 0.421. The number of allylic oxidation sites excluding steroid dienone is 2. The maximum absolute atomic E-state index is 5.74. The minimum atomic E-state index is 0.933. The van der Waals surface area contributed by atoms with Crippen LogP contribution >= 0.6 is 15.9 Å². The average molecular weight is 382 g/mol. The van der Waals surface area contributed by atoms with Gasteiger partial charge in [-0.2, -0.15) is 0 Å². The quantitative estimate of drug-likeness (QED) is 0.589. The van der Waals surface area contributed by atoms with Gasteiger partial charge in [-0.25, -0.2) is 0 Å². The van der Waals surface area contributed by atoms with Crippen molar-refractivity contribution in [1.82, 2.24) is 5.32 Å². The lowest BCUT2D eigenvalue weighted by Crippen LogP contribution is -2.08. The zero-order chi connectivity index (χ0) is 17.1. The Hall–Kier alpha value is -0.800. The maximum Gasteiger partial charge on any atom is 0.129 e. The summed E-state index contributed by atoms with van der Waals surface area (Å²) in [5.74, 6) is 2.91. The zero-order valence-corrected chi connectivity index (χ0v) is 16.7. The van der Waals surface area contributed by atoms with Gasteiger partial charge in [0.1, 0.15) is 5.75 Å². The highest BCUT2D eigenvalue weighted by atomic mass is 79.9. The third-order valence-corrected chi connectivity index (χ3v) is 4.48. The molecule has 1 aliphatic heterocycles. The summed E-state index contributed by atoms with van der Waals surface area (Å²) in [6.07, 6.45) is 8.54. The van der Waals surface area contributed by atoms with Gasteiger partial charge in [-0.15, -0.1) is 0 Å². The van der Waals surface area contributed by atoms with Gasteiger partial charge in [-0.1, -0.05) is 42.6 Å². The van der Waals surface area contributed by atoms with Gasteiger partial charge < -0.3 is 10.1 Å². The molecule has 2 rings (SSSR count). The molecule has 1 atom stereocenters. The Kier molecular flexibility index (Phi) is 10.3. The van der Waals surface area contributed by atoms with Crippen molar-refractivity contribution in [1.29, 1.82) is 0 Å². The predicted octanol–water partition coefficient (Wildman–Crippen LogP) is 6.24. The van der Waals surface area contributed by atoms with Crippen LogP contribution in [-0.4, -0.2) is 13.1 Å². The number of ether oxygens (including phenoxy) is 1. The van der Waals surface area contributed by atoms with Gasteiger partial charge in [0.05, 0.1) is 5.76 Å². The van der Waals surface area contributed by atoms with Crippen molar-refractivity contribution in [3.63, 3.8) is 0 Å². The number of benzene rings is 1. The first-order chi connectivity index (χ1) is 11.1. The molecule has 0 radical (unpaired) electrons. The third kappa shape index (κ3) is 8.57. The monoisotopic (exact) mass is 381 g/mol. The number of aryl methyl sites for hydroxylation is 1. The van der Waals surface area contributed by atoms with Gasteiger partial charge >= 0.3 is 0 Å². The molecule has 0 spiro atoms. The molecule has 2 nitrogen and oxygen atoms in total. The number of nitrogens with one attached hydrogen (secondary N) is 1. The molecule has 1 heterocycles. The summed E-state index contributed by atoms with van der Waals surface area (Å²) in [6, 6.07) is 6.04. The van der Waals surface area contributed by atoms with Crippen LogP contribution in [0.3, 0.4) is 0 Å². The number of halogens is 1. The molecule has 3 heteroatoms. The van der Waals surface area contributed by atoms with Crippen molar-refractivity contribution < 1.29 is 4.74 Å². The fourth-order valence-electron chi connectivity index (χ4n) is 2.66. The molecular formula is C20H32BrNO. The highest BCUT2D eigenvalue weighted by Crippen LogP contribution is 2.23. The van der Waals surface area contributed by atoms with Gasteiger partial charge in [0, 0.05) is 4.47 Å². The van der Waals surface area contributed by atoms with E-state index in [1.54, 1.807) is 0 Å². The predicted molar refractivity (Wildman–Crippen MR) is 104 cm³/mol. The second kappa shape index (κ2) is 11.7. The van der Waals surface area contributed by atoms with E-state index in [9.17, 15) is 0 Å². The van der Waals surface area contributed by atoms with Gasteiger partial charge in [0.2, 0.25) is 0 Å². The number of hydrogen-bond donors (Lipinski definition) is 1. The van der Waals surface area contributed by atoms with Crippen LogP contribution in [0.4, 0.5) is 0 Å². The van der Waals surface area contributed by atoms with Gasteiger partial charge in [0.25, 0.3) is 0 Å². The van der Waals surface area contributed by atoms with Crippen molar-refractivity contribution in [2.24, 2.45) is 5.92 Å². The summed E-state index contributed by atoms with van der Waals surface area (Å²) in [5, 5.41) is 3.36. The normalized spacial score (nSPS) is 17.6. The first-order valence-corrected chi connectivity index (χ1v) is 9.67. The first-order valence-electron chi connectivity index (χ1n) is 8.88. The van der Waals surface area contributed by atoms with E-state index >= 15 is 0 Å². The topological polar surface area (TPSA) is 21.3 Å². The summed E-state index contributed by atoms with van der Waals surface area (Å²) in [6.45, 7) is 11.0. The summed E-state index contributed by atoms with van der Waals surface area (Å²) >= 11 is 3.43. The minimum absolute atomic E-state index is 0.933. The van der Waals surface area contributed by atoms with Crippen molar-refractivity contribution in [2.75, 3.05) is 13.1 Å². The van der Waals surface area contributed by atoms with E-state index in [4.69, 9.17) is 4.74 Å². The lowest BCUT2D eigenvalue weighted by atomic mass is 10.0. The second-order valence-corrected chi connectivity index (χ2v) is 7.18. The Morgan fingerprint density at radius 2 is 2.13 bits per heavy atom. The van der Waals surface area contributed by atoms with Crippen molar-refractivity contribution >= 4 is 15.9 Å². The van der Waals surface area contributed by atoms with Crippen LogP contribution in [0.2, 0.25) is 0 Å². The molecule has 130 valence electrons. The highest BCUT2D eigenvalue weighted by molar-refractivity contribution is 9.10. The maximum atomic E-state index is 5.74. The van der Waals surface area contributed by atoms with E-state index in [1.807, 2.05) is 26.0 Å². The SMILES string of the molecule is CCC/C=C(\C)Oc1ccc(Br)cc1C.CCC[C@@H]1CCNC1. The first kappa shape index (κ1) is 20.2. The molecular weight excluding hydrogens is 350 g/mol. The molecule has 0 aliphatic carbocycles. The molecule has 0 amide bonds. The van der Waals surface area contributed by atoms with E-state index in [-0.39, 0.29) is 0 Å². The molecule has 0 unspecified atom stereocenters. The van der Waals surface area contributed by atoms with E-state index in [0.717, 1.165) is 40.3 Å². The van der Waals surface area contributed by atoms with Crippen LogP contribution in [0.25, 0.3) is 0 Å². The van der Waals surface area contributed by atoms with E-state index in [1.165, 1.54) is 32.4 Å². The summed E-state index contributed by atoms with van der Waals surface area (Å²) < 4.78 is 6.83. The molecule has 0 bridgehead atoms. The zero-order valence-electron chi connectivity index (χ0n) is 15.1. The molecule has 1 saturated heterocycles. The Bertz CT molecular complexity index is 479. The standard InChI is InChI=1S/C13H17BrO.C7H15N/c1-4-5-6-11(3)15-13-8-7-12(14)9-10(13)2;1-2-3-7-4-5-8-6-7/h6-9H,4-5H2,1-3H3;7-8H,2-6H2,1H3/b11-6+;/t;7-/m.1/s1. The molecule has 0 aromatic heterocycles. The third-order valence-electron chi connectivity index (χ3n) is 3.99. The fraction of sp³-hybridized carbons (Fsp3) is 0.600. The van der Waals surface area contributed by atoms with Crippen LogP contribution in [0.15, 0.2) is 34.5 Å². The Morgan fingerprint density at radius 3 is 2.70 bits per heavy atom. The number of unbranched alkanes of at least 4 members (excludes halogenated alkanes) is 1. The molecule has 0 saturated carbocycles. The van der Waals surface area contributed by atoms with Crippen LogP contribution in [0.5, 0.6) is 5.75 Å². The number of rotatable bonds is 6. The molecule has 1 aromatic carbocycles. The number of hydrogen-bond acceptors (Lipinski definition) is 2. The van der Waals surface area contributed by atoms with Gasteiger partial charge in [0.15, 0.2) is 0 Å². The van der Waals surface area contributed by atoms with Gasteiger partial charge in [-0.05, 0) is 82.0 Å². The largest absolute Gasteiger partial charge is 0.462 e. The van der Waals surface area contributed by atoms with E-state index in [0.29, 0.717) is 0 Å². The molecule has 1 aromatic rings. The Labute approximate surface area is 150 Å². The van der Waals surface area contributed by atoms with E-state index < -0.39 is 0 Å². The second-order valence-electron chi connectivity index (χ2n) is 6.26.